The maximum absolute atomic E-state index is 12.2. The van der Waals surface area contributed by atoms with Gasteiger partial charge in [-0.05, 0) is 39.3 Å². The molecule has 2 N–H and O–H groups in total. The average molecular weight is 342 g/mol. The molecule has 1 saturated heterocycles. The van der Waals surface area contributed by atoms with Crippen LogP contribution in [0.25, 0.3) is 0 Å². The van der Waals surface area contributed by atoms with Crippen LogP contribution in [0.1, 0.15) is 26.7 Å². The molecule has 1 fully saturated rings. The first-order chi connectivity index (χ1) is 10.7. The Morgan fingerprint density at radius 1 is 1.57 bits per heavy atom. The highest BCUT2D eigenvalue weighted by atomic mass is 35.5. The van der Waals surface area contributed by atoms with Crippen molar-refractivity contribution in [2.75, 3.05) is 18.4 Å². The van der Waals surface area contributed by atoms with Gasteiger partial charge in [-0.15, -0.1) is 0 Å². The lowest BCUT2D eigenvalue weighted by Gasteiger charge is -2.33. The van der Waals surface area contributed by atoms with Crippen LogP contribution in [0.15, 0.2) is 18.2 Å². The molecular formula is C15H20ClN3O4. The van der Waals surface area contributed by atoms with Crippen molar-refractivity contribution in [3.8, 4) is 0 Å². The molecule has 2 rings (SSSR count). The number of nitro benzene ring substituents is 1. The van der Waals surface area contributed by atoms with Gasteiger partial charge in [0, 0.05) is 18.2 Å². The molecule has 0 bridgehead atoms. The lowest BCUT2D eigenvalue weighted by molar-refractivity contribution is -0.384. The number of rotatable bonds is 5. The number of nitrogens with one attached hydrogen (secondary N) is 1. The molecule has 1 aromatic rings. The molecule has 1 unspecified atom stereocenters. The minimum absolute atomic E-state index is 0.0689. The van der Waals surface area contributed by atoms with Crippen molar-refractivity contribution in [1.82, 2.24) is 4.90 Å². The van der Waals surface area contributed by atoms with Crippen molar-refractivity contribution in [3.05, 3.63) is 33.3 Å². The van der Waals surface area contributed by atoms with E-state index in [0.717, 1.165) is 19.4 Å². The second-order valence-corrected chi connectivity index (χ2v) is 6.66. The summed E-state index contributed by atoms with van der Waals surface area (Å²) in [6, 6.07) is 3.83. The number of anilines is 1. The molecule has 1 aliphatic rings. The van der Waals surface area contributed by atoms with Gasteiger partial charge in [-0.1, -0.05) is 11.6 Å². The standard InChI is InChI=1S/C15H20ClN3O4/c1-15(2,21)13-4-3-7-18(13)9-14(20)17-12-6-5-10(19(22)23)8-11(12)16/h5-6,8,13,21H,3-4,7,9H2,1-2H3,(H,17,20). The first kappa shape index (κ1) is 17.7. The van der Waals surface area contributed by atoms with E-state index in [1.807, 2.05) is 4.90 Å². The summed E-state index contributed by atoms with van der Waals surface area (Å²) in [6.45, 7) is 4.36. The van der Waals surface area contributed by atoms with Gasteiger partial charge in [0.05, 0.1) is 27.8 Å². The number of hydrogen-bond donors (Lipinski definition) is 2. The molecule has 126 valence electrons. The summed E-state index contributed by atoms with van der Waals surface area (Å²) in [7, 11) is 0. The van der Waals surface area contributed by atoms with E-state index in [-0.39, 0.29) is 29.2 Å². The Morgan fingerprint density at radius 2 is 2.26 bits per heavy atom. The molecule has 0 saturated carbocycles. The van der Waals surface area contributed by atoms with Crippen molar-refractivity contribution in [2.45, 2.75) is 38.3 Å². The fraction of sp³-hybridized carbons (Fsp3) is 0.533. The van der Waals surface area contributed by atoms with Crippen molar-refractivity contribution in [2.24, 2.45) is 0 Å². The van der Waals surface area contributed by atoms with E-state index < -0.39 is 10.5 Å². The van der Waals surface area contributed by atoms with Gasteiger partial charge in [-0.3, -0.25) is 19.8 Å². The minimum atomic E-state index is -0.873. The number of nitrogens with zero attached hydrogens (tertiary/aromatic N) is 2. The highest BCUT2D eigenvalue weighted by Crippen LogP contribution is 2.28. The normalized spacial score (nSPS) is 18.9. The number of carbonyl (C=O) groups excluding carboxylic acids is 1. The molecule has 0 spiro atoms. The number of non-ortho nitro benzene ring substituents is 1. The third-order valence-corrected chi connectivity index (χ3v) is 4.28. The zero-order valence-electron chi connectivity index (χ0n) is 13.1. The molecular weight excluding hydrogens is 322 g/mol. The van der Waals surface area contributed by atoms with Crippen molar-refractivity contribution >= 4 is 28.9 Å². The summed E-state index contributed by atoms with van der Waals surface area (Å²) in [5.41, 5.74) is -0.669. The molecule has 1 amide bonds. The number of hydrogen-bond acceptors (Lipinski definition) is 5. The fourth-order valence-electron chi connectivity index (χ4n) is 2.91. The summed E-state index contributed by atoms with van der Waals surface area (Å²) in [4.78, 5) is 24.3. The van der Waals surface area contributed by atoms with E-state index >= 15 is 0 Å². The highest BCUT2D eigenvalue weighted by molar-refractivity contribution is 6.34. The number of carbonyl (C=O) groups is 1. The summed E-state index contributed by atoms with van der Waals surface area (Å²) < 4.78 is 0. The Kier molecular flexibility index (Phi) is 5.23. The maximum atomic E-state index is 12.2. The van der Waals surface area contributed by atoms with Crippen LogP contribution >= 0.6 is 11.6 Å². The Balaban J connectivity index is 2.01. The fourth-order valence-corrected chi connectivity index (χ4v) is 3.13. The first-order valence-electron chi connectivity index (χ1n) is 7.38. The van der Waals surface area contributed by atoms with E-state index in [2.05, 4.69) is 5.32 Å². The zero-order valence-corrected chi connectivity index (χ0v) is 13.8. The number of nitro groups is 1. The van der Waals surface area contributed by atoms with Crippen molar-refractivity contribution in [3.63, 3.8) is 0 Å². The molecule has 0 radical (unpaired) electrons. The Bertz CT molecular complexity index is 615. The van der Waals surface area contributed by atoms with Crippen LogP contribution in [0.3, 0.4) is 0 Å². The summed E-state index contributed by atoms with van der Waals surface area (Å²) >= 11 is 5.96. The predicted molar refractivity (Wildman–Crippen MR) is 87.6 cm³/mol. The topological polar surface area (TPSA) is 95.7 Å². The molecule has 7 nitrogen and oxygen atoms in total. The van der Waals surface area contributed by atoms with Crippen molar-refractivity contribution in [1.29, 1.82) is 0 Å². The molecule has 1 atom stereocenters. The molecule has 0 aliphatic carbocycles. The minimum Gasteiger partial charge on any atom is -0.389 e. The van der Waals surface area contributed by atoms with E-state index in [1.54, 1.807) is 13.8 Å². The highest BCUT2D eigenvalue weighted by Gasteiger charge is 2.36. The number of aliphatic hydroxyl groups is 1. The molecule has 1 aliphatic heterocycles. The third kappa shape index (κ3) is 4.40. The van der Waals surface area contributed by atoms with Crippen LogP contribution in [0.2, 0.25) is 5.02 Å². The Morgan fingerprint density at radius 3 is 2.83 bits per heavy atom. The number of amides is 1. The van der Waals surface area contributed by atoms with Gasteiger partial charge in [0.1, 0.15) is 0 Å². The molecule has 1 aromatic carbocycles. The summed E-state index contributed by atoms with van der Waals surface area (Å²) in [5.74, 6) is -0.267. The molecule has 23 heavy (non-hydrogen) atoms. The third-order valence-electron chi connectivity index (χ3n) is 3.96. The number of benzene rings is 1. The van der Waals surface area contributed by atoms with E-state index in [4.69, 9.17) is 11.6 Å². The largest absolute Gasteiger partial charge is 0.389 e. The van der Waals surface area contributed by atoms with Gasteiger partial charge in [0.15, 0.2) is 0 Å². The number of halogens is 1. The second kappa shape index (κ2) is 6.82. The van der Waals surface area contributed by atoms with Gasteiger partial charge >= 0.3 is 0 Å². The molecule has 8 heteroatoms. The van der Waals surface area contributed by atoms with E-state index in [1.165, 1.54) is 18.2 Å². The Hall–Kier alpha value is -1.70. The van der Waals surface area contributed by atoms with Crippen LogP contribution < -0.4 is 5.32 Å². The molecule has 1 heterocycles. The van der Waals surface area contributed by atoms with Gasteiger partial charge < -0.3 is 10.4 Å². The van der Waals surface area contributed by atoms with Gasteiger partial charge in [-0.25, -0.2) is 0 Å². The van der Waals surface area contributed by atoms with Gasteiger partial charge in [-0.2, -0.15) is 0 Å². The zero-order chi connectivity index (χ0) is 17.2. The summed E-state index contributed by atoms with van der Waals surface area (Å²) in [5, 5.41) is 23.6. The summed E-state index contributed by atoms with van der Waals surface area (Å²) in [6.07, 6.45) is 1.77. The predicted octanol–water partition coefficient (Wildman–Crippen LogP) is 2.42. The first-order valence-corrected chi connectivity index (χ1v) is 7.76. The van der Waals surface area contributed by atoms with Crippen LogP contribution in [0.4, 0.5) is 11.4 Å². The molecule has 0 aromatic heterocycles. The van der Waals surface area contributed by atoms with E-state index in [9.17, 15) is 20.0 Å². The van der Waals surface area contributed by atoms with Crippen molar-refractivity contribution < 1.29 is 14.8 Å². The lowest BCUT2D eigenvalue weighted by atomic mass is 9.97. The smallest absolute Gasteiger partial charge is 0.271 e. The monoisotopic (exact) mass is 341 g/mol. The number of likely N-dealkylation sites (tertiary alicyclic amines) is 1. The van der Waals surface area contributed by atoms with Crippen LogP contribution in [0.5, 0.6) is 0 Å². The second-order valence-electron chi connectivity index (χ2n) is 6.25. The van der Waals surface area contributed by atoms with E-state index in [0.29, 0.717) is 5.69 Å². The van der Waals surface area contributed by atoms with Crippen LogP contribution in [-0.4, -0.2) is 45.6 Å². The van der Waals surface area contributed by atoms with Gasteiger partial charge in [0.2, 0.25) is 5.91 Å². The quantitative estimate of drug-likeness (QED) is 0.633. The van der Waals surface area contributed by atoms with Crippen LogP contribution in [-0.2, 0) is 4.79 Å². The lowest BCUT2D eigenvalue weighted by Crippen LogP contribution is -2.48. The average Bonchev–Trinajstić information content (AvgIpc) is 2.88. The van der Waals surface area contributed by atoms with Gasteiger partial charge in [0.25, 0.3) is 5.69 Å². The van der Waals surface area contributed by atoms with Crippen LogP contribution in [0, 0.1) is 10.1 Å². The maximum Gasteiger partial charge on any atom is 0.271 e. The SMILES string of the molecule is CC(C)(O)C1CCCN1CC(=O)Nc1ccc([N+](=O)[O-])cc1Cl. The Labute approximate surface area is 139 Å².